The van der Waals surface area contributed by atoms with Crippen LogP contribution < -0.4 is 11.1 Å². The Morgan fingerprint density at radius 2 is 1.92 bits per heavy atom. The summed E-state index contributed by atoms with van der Waals surface area (Å²) in [5.74, 6) is -2.27. The lowest BCUT2D eigenvalue weighted by Crippen LogP contribution is -2.24. The summed E-state index contributed by atoms with van der Waals surface area (Å²) in [4.78, 5) is 30.9. The number of hydrogen-bond acceptors (Lipinski definition) is 3. The van der Waals surface area contributed by atoms with Gasteiger partial charge in [0.25, 0.3) is 0 Å². The molecule has 0 aliphatic carbocycles. The zero-order chi connectivity index (χ0) is 10.3. The van der Waals surface area contributed by atoms with Gasteiger partial charge >= 0.3 is 5.97 Å². The van der Waals surface area contributed by atoms with Crippen LogP contribution in [0.2, 0.25) is 0 Å². The summed E-state index contributed by atoms with van der Waals surface area (Å²) in [6, 6.07) is 0. The van der Waals surface area contributed by atoms with E-state index in [1.165, 1.54) is 0 Å². The molecule has 0 unspecified atom stereocenters. The number of carboxylic acids is 1. The van der Waals surface area contributed by atoms with Crippen LogP contribution >= 0.6 is 0 Å². The summed E-state index contributed by atoms with van der Waals surface area (Å²) in [5.41, 5.74) is 4.72. The van der Waals surface area contributed by atoms with Crippen molar-refractivity contribution >= 4 is 17.8 Å². The Hall–Kier alpha value is -1.85. The van der Waals surface area contributed by atoms with Crippen molar-refractivity contribution in [2.75, 3.05) is 6.54 Å². The molecule has 0 radical (unpaired) electrons. The van der Waals surface area contributed by atoms with Crippen molar-refractivity contribution in [2.24, 2.45) is 5.73 Å². The Morgan fingerprint density at radius 3 is 2.38 bits per heavy atom. The fourth-order valence-electron chi connectivity index (χ4n) is 0.509. The van der Waals surface area contributed by atoms with Gasteiger partial charge in [0.05, 0.1) is 6.42 Å². The van der Waals surface area contributed by atoms with Gasteiger partial charge in [-0.1, -0.05) is 0 Å². The molecule has 0 spiro atoms. The molecular weight excluding hydrogens is 176 g/mol. The normalized spacial score (nSPS) is 9.85. The Kier molecular flexibility index (Phi) is 4.94. The predicted molar refractivity (Wildman–Crippen MR) is 43.6 cm³/mol. The van der Waals surface area contributed by atoms with Crippen molar-refractivity contribution in [1.29, 1.82) is 0 Å². The van der Waals surface area contributed by atoms with E-state index in [1.54, 1.807) is 0 Å². The average Bonchev–Trinajstić information content (AvgIpc) is 2.00. The van der Waals surface area contributed by atoms with Crippen molar-refractivity contribution < 1.29 is 19.5 Å². The van der Waals surface area contributed by atoms with Gasteiger partial charge in [0, 0.05) is 18.7 Å². The van der Waals surface area contributed by atoms with Gasteiger partial charge in [0.15, 0.2) is 0 Å². The van der Waals surface area contributed by atoms with Crippen LogP contribution in [0.3, 0.4) is 0 Å². The Balaban J connectivity index is 3.64. The Labute approximate surface area is 74.4 Å². The minimum Gasteiger partial charge on any atom is -0.481 e. The van der Waals surface area contributed by atoms with E-state index in [-0.39, 0.29) is 13.0 Å². The smallest absolute Gasteiger partial charge is 0.305 e. The van der Waals surface area contributed by atoms with Crippen molar-refractivity contribution in [1.82, 2.24) is 5.32 Å². The molecule has 13 heavy (non-hydrogen) atoms. The first-order valence-electron chi connectivity index (χ1n) is 3.49. The molecule has 0 saturated carbocycles. The molecule has 0 aromatic heterocycles. The zero-order valence-electron chi connectivity index (χ0n) is 6.82. The summed E-state index contributed by atoms with van der Waals surface area (Å²) in [7, 11) is 0. The fraction of sp³-hybridized carbons (Fsp3) is 0.286. The van der Waals surface area contributed by atoms with Gasteiger partial charge in [-0.3, -0.25) is 14.4 Å². The quantitative estimate of drug-likeness (QED) is 0.459. The molecule has 0 aliphatic rings. The van der Waals surface area contributed by atoms with E-state index < -0.39 is 17.8 Å². The number of nitrogens with one attached hydrogen (secondary N) is 1. The zero-order valence-corrected chi connectivity index (χ0v) is 6.82. The number of carbonyl (C=O) groups excluding carboxylic acids is 2. The van der Waals surface area contributed by atoms with Gasteiger partial charge in [-0.05, 0) is 0 Å². The molecule has 0 aromatic rings. The molecule has 0 bridgehead atoms. The lowest BCUT2D eigenvalue weighted by molar-refractivity contribution is -0.136. The van der Waals surface area contributed by atoms with Crippen molar-refractivity contribution in [2.45, 2.75) is 6.42 Å². The summed E-state index contributed by atoms with van der Waals surface area (Å²) >= 11 is 0. The van der Waals surface area contributed by atoms with Crippen molar-refractivity contribution in [3.8, 4) is 0 Å². The minimum atomic E-state index is -1.00. The van der Waals surface area contributed by atoms with Crippen LogP contribution in [0.1, 0.15) is 6.42 Å². The summed E-state index contributed by atoms with van der Waals surface area (Å²) in [6.07, 6.45) is 1.69. The molecule has 0 rings (SSSR count). The third-order valence-corrected chi connectivity index (χ3v) is 1.04. The van der Waals surface area contributed by atoms with E-state index in [2.05, 4.69) is 5.32 Å². The number of carbonyl (C=O) groups is 3. The van der Waals surface area contributed by atoms with E-state index in [4.69, 9.17) is 10.8 Å². The van der Waals surface area contributed by atoms with Crippen molar-refractivity contribution in [3.63, 3.8) is 0 Å². The lowest BCUT2D eigenvalue weighted by atomic mass is 10.4. The van der Waals surface area contributed by atoms with Gasteiger partial charge in [0.2, 0.25) is 11.8 Å². The molecular formula is C7H10N2O4. The molecule has 2 amide bonds. The molecule has 0 aromatic carbocycles. The largest absolute Gasteiger partial charge is 0.481 e. The number of carboxylic acid groups (broad SMARTS) is 1. The van der Waals surface area contributed by atoms with Crippen LogP contribution in [0.15, 0.2) is 12.2 Å². The monoisotopic (exact) mass is 186 g/mol. The molecule has 4 N–H and O–H groups in total. The third kappa shape index (κ3) is 8.05. The summed E-state index contributed by atoms with van der Waals surface area (Å²) < 4.78 is 0. The Morgan fingerprint density at radius 1 is 1.31 bits per heavy atom. The molecule has 0 atom stereocenters. The van der Waals surface area contributed by atoms with Gasteiger partial charge in [-0.25, -0.2) is 0 Å². The highest BCUT2D eigenvalue weighted by Gasteiger charge is 1.98. The second kappa shape index (κ2) is 5.76. The molecule has 6 heteroatoms. The molecule has 0 heterocycles. The van der Waals surface area contributed by atoms with Crippen LogP contribution in [0.5, 0.6) is 0 Å². The van der Waals surface area contributed by atoms with Crippen LogP contribution in [-0.4, -0.2) is 29.4 Å². The fourth-order valence-corrected chi connectivity index (χ4v) is 0.509. The van der Waals surface area contributed by atoms with E-state index in [1.807, 2.05) is 0 Å². The maximum atomic E-state index is 10.7. The first-order chi connectivity index (χ1) is 6.02. The molecule has 72 valence electrons. The molecule has 0 saturated heterocycles. The predicted octanol–water partition coefficient (Wildman–Crippen LogP) is -1.38. The number of rotatable bonds is 5. The SMILES string of the molecule is NC(=O)/C=C\C(=O)NCCC(=O)O. The maximum absolute atomic E-state index is 10.7. The highest BCUT2D eigenvalue weighted by Crippen LogP contribution is 1.77. The maximum Gasteiger partial charge on any atom is 0.305 e. The van der Waals surface area contributed by atoms with Gasteiger partial charge in [-0.15, -0.1) is 0 Å². The van der Waals surface area contributed by atoms with Crippen LogP contribution in [-0.2, 0) is 14.4 Å². The van der Waals surface area contributed by atoms with Gasteiger partial charge in [0.1, 0.15) is 0 Å². The minimum absolute atomic E-state index is 0.0251. The molecule has 6 nitrogen and oxygen atoms in total. The van der Waals surface area contributed by atoms with Crippen molar-refractivity contribution in [3.05, 3.63) is 12.2 Å². The molecule has 0 fully saturated rings. The third-order valence-electron chi connectivity index (χ3n) is 1.04. The van der Waals surface area contributed by atoms with Gasteiger partial charge < -0.3 is 16.2 Å². The average molecular weight is 186 g/mol. The first-order valence-corrected chi connectivity index (χ1v) is 3.49. The second-order valence-corrected chi connectivity index (χ2v) is 2.17. The lowest BCUT2D eigenvalue weighted by Gasteiger charge is -1.97. The number of primary amides is 1. The number of aliphatic carboxylic acids is 1. The Bertz CT molecular complexity index is 247. The number of amides is 2. The summed E-state index contributed by atoms with van der Waals surface area (Å²) in [6.45, 7) is 0.0251. The van der Waals surface area contributed by atoms with Crippen LogP contribution in [0, 0.1) is 0 Å². The van der Waals surface area contributed by atoms with Crippen LogP contribution in [0.25, 0.3) is 0 Å². The van der Waals surface area contributed by atoms with Gasteiger partial charge in [-0.2, -0.15) is 0 Å². The first kappa shape index (κ1) is 11.2. The number of nitrogens with two attached hydrogens (primary N) is 1. The topological polar surface area (TPSA) is 109 Å². The van der Waals surface area contributed by atoms with E-state index in [0.29, 0.717) is 0 Å². The highest BCUT2D eigenvalue weighted by atomic mass is 16.4. The highest BCUT2D eigenvalue weighted by molar-refractivity contribution is 5.96. The van der Waals surface area contributed by atoms with E-state index >= 15 is 0 Å². The standard InChI is InChI=1S/C7H10N2O4/c8-5(10)1-2-6(11)9-4-3-7(12)13/h1-2H,3-4H2,(H2,8,10)(H,9,11)(H,12,13)/b2-1-. The second-order valence-electron chi connectivity index (χ2n) is 2.17. The van der Waals surface area contributed by atoms with Crippen LogP contribution in [0.4, 0.5) is 0 Å². The van der Waals surface area contributed by atoms with E-state index in [9.17, 15) is 14.4 Å². The number of hydrogen-bond donors (Lipinski definition) is 3. The molecule has 0 aliphatic heterocycles. The van der Waals surface area contributed by atoms with E-state index in [0.717, 1.165) is 12.2 Å². The summed E-state index contributed by atoms with van der Waals surface area (Å²) in [5, 5.41) is 10.5.